The third-order valence-electron chi connectivity index (χ3n) is 1.63. The highest BCUT2D eigenvalue weighted by molar-refractivity contribution is 7.18. The van der Waals surface area contributed by atoms with E-state index in [0.717, 1.165) is 20.8 Å². The molecule has 12 heavy (non-hydrogen) atoms. The largest absolute Gasteiger partial charge is 0.241 e. The Morgan fingerprint density at radius 3 is 3.00 bits per heavy atom. The van der Waals surface area contributed by atoms with Gasteiger partial charge in [-0.2, -0.15) is 0 Å². The highest BCUT2D eigenvalue weighted by atomic mass is 32.1. The lowest BCUT2D eigenvalue weighted by atomic mass is 10.2. The van der Waals surface area contributed by atoms with Gasteiger partial charge in [-0.05, 0) is 31.5 Å². The monoisotopic (exact) mass is 173 g/mol. The van der Waals surface area contributed by atoms with E-state index in [1.54, 1.807) is 11.3 Å². The molecular weight excluding hydrogens is 166 g/mol. The standard InChI is InChI=1S/C10H7NS/c1-3-10-11-8-5-4-7(2)6-9(8)12-10/h1-2,4-6H,3H2. The van der Waals surface area contributed by atoms with Crippen LogP contribution in [0.5, 0.6) is 0 Å². The molecule has 58 valence electrons. The van der Waals surface area contributed by atoms with Gasteiger partial charge in [-0.3, -0.25) is 0 Å². The number of thiazole rings is 1. The molecule has 1 nitrogen and oxygen atoms in total. The van der Waals surface area contributed by atoms with Crippen LogP contribution in [0.3, 0.4) is 0 Å². The van der Waals surface area contributed by atoms with Gasteiger partial charge in [0.15, 0.2) is 0 Å². The fourth-order valence-electron chi connectivity index (χ4n) is 1.08. The van der Waals surface area contributed by atoms with Crippen molar-refractivity contribution in [3.05, 3.63) is 42.6 Å². The van der Waals surface area contributed by atoms with E-state index >= 15 is 0 Å². The van der Waals surface area contributed by atoms with Crippen molar-refractivity contribution in [3.8, 4) is 0 Å². The van der Waals surface area contributed by atoms with Gasteiger partial charge in [-0.15, -0.1) is 11.3 Å². The molecule has 4 radical (unpaired) electrons. The molecule has 2 aromatic rings. The van der Waals surface area contributed by atoms with Crippen LogP contribution in [0.2, 0.25) is 0 Å². The summed E-state index contributed by atoms with van der Waals surface area (Å²) in [6.45, 7) is 11.1. The van der Waals surface area contributed by atoms with Gasteiger partial charge in [0.25, 0.3) is 0 Å². The molecule has 1 heterocycles. The second kappa shape index (κ2) is 2.87. The molecule has 2 heteroatoms. The van der Waals surface area contributed by atoms with E-state index in [4.69, 9.17) is 13.8 Å². The Morgan fingerprint density at radius 1 is 1.42 bits per heavy atom. The second-order valence-electron chi connectivity index (χ2n) is 2.54. The maximum atomic E-state index is 5.62. The lowest BCUT2D eigenvalue weighted by Crippen LogP contribution is -1.74. The summed E-state index contributed by atoms with van der Waals surface area (Å²) in [6.07, 6.45) is 0.499. The van der Waals surface area contributed by atoms with Crippen molar-refractivity contribution in [2.75, 3.05) is 0 Å². The molecule has 0 saturated carbocycles. The molecule has 1 aromatic heterocycles. The molecule has 0 saturated heterocycles. The highest BCUT2D eigenvalue weighted by Gasteiger charge is 2.00. The maximum Gasteiger partial charge on any atom is 0.0941 e. The molecule has 0 amide bonds. The quantitative estimate of drug-likeness (QED) is 0.646. The summed E-state index contributed by atoms with van der Waals surface area (Å²) >= 11 is 1.60. The van der Waals surface area contributed by atoms with E-state index in [2.05, 4.69) is 4.98 Å². The summed E-state index contributed by atoms with van der Waals surface area (Å²) in [6, 6.07) is 5.69. The van der Waals surface area contributed by atoms with Gasteiger partial charge >= 0.3 is 0 Å². The second-order valence-corrected chi connectivity index (χ2v) is 3.65. The van der Waals surface area contributed by atoms with Crippen molar-refractivity contribution in [1.29, 1.82) is 0 Å². The van der Waals surface area contributed by atoms with Crippen LogP contribution >= 0.6 is 11.3 Å². The lowest BCUT2D eigenvalue weighted by Gasteiger charge is -1.88. The first-order valence-electron chi connectivity index (χ1n) is 3.64. The summed E-state index contributed by atoms with van der Waals surface area (Å²) < 4.78 is 1.11. The first-order chi connectivity index (χ1) is 5.79. The van der Waals surface area contributed by atoms with Crippen molar-refractivity contribution >= 4 is 21.6 Å². The summed E-state index contributed by atoms with van der Waals surface area (Å²) in [5, 5.41) is 0.954. The zero-order valence-electron chi connectivity index (χ0n) is 6.45. The average molecular weight is 173 g/mol. The molecule has 0 aliphatic carbocycles. The number of hydrogen-bond donors (Lipinski definition) is 0. The normalized spacial score (nSPS) is 10.8. The van der Waals surface area contributed by atoms with Crippen LogP contribution < -0.4 is 0 Å². The molecule has 0 fully saturated rings. The Hall–Kier alpha value is -0.890. The van der Waals surface area contributed by atoms with Crippen LogP contribution in [0.15, 0.2) is 18.2 Å². The molecule has 0 N–H and O–H groups in total. The van der Waals surface area contributed by atoms with Crippen molar-refractivity contribution in [3.63, 3.8) is 0 Å². The van der Waals surface area contributed by atoms with Crippen LogP contribution in [0, 0.1) is 13.8 Å². The van der Waals surface area contributed by atoms with Gasteiger partial charge in [-0.25, -0.2) is 4.98 Å². The van der Waals surface area contributed by atoms with Crippen LogP contribution in [-0.4, -0.2) is 4.98 Å². The van der Waals surface area contributed by atoms with Crippen molar-refractivity contribution in [2.45, 2.75) is 6.42 Å². The predicted octanol–water partition coefficient (Wildman–Crippen LogP) is 2.61. The Balaban J connectivity index is 2.67. The predicted molar refractivity (Wildman–Crippen MR) is 51.0 cm³/mol. The van der Waals surface area contributed by atoms with Gasteiger partial charge in [0, 0.05) is 6.42 Å². The van der Waals surface area contributed by atoms with Crippen molar-refractivity contribution in [2.24, 2.45) is 0 Å². The van der Waals surface area contributed by atoms with Crippen LogP contribution in [-0.2, 0) is 6.42 Å². The topological polar surface area (TPSA) is 12.9 Å². The molecule has 0 unspecified atom stereocenters. The minimum Gasteiger partial charge on any atom is -0.241 e. The Morgan fingerprint density at radius 2 is 2.25 bits per heavy atom. The summed E-state index contributed by atoms with van der Waals surface area (Å²) in [4.78, 5) is 4.31. The van der Waals surface area contributed by atoms with E-state index < -0.39 is 0 Å². The third-order valence-corrected chi connectivity index (χ3v) is 2.67. The molecule has 2 rings (SSSR count). The Kier molecular flexibility index (Phi) is 1.85. The van der Waals surface area contributed by atoms with Crippen LogP contribution in [0.4, 0.5) is 0 Å². The van der Waals surface area contributed by atoms with Gasteiger partial charge in [0.05, 0.1) is 15.2 Å². The average Bonchev–Trinajstić information content (AvgIpc) is 2.46. The first-order valence-corrected chi connectivity index (χ1v) is 4.46. The van der Waals surface area contributed by atoms with Crippen molar-refractivity contribution < 1.29 is 0 Å². The fraction of sp³-hybridized carbons (Fsp3) is 0.100. The lowest BCUT2D eigenvalue weighted by molar-refractivity contribution is 1.21. The summed E-state index contributed by atoms with van der Waals surface area (Å²) in [5.74, 6) is 0. The number of nitrogens with zero attached hydrogens (tertiary/aromatic N) is 1. The molecular formula is C10H7NS. The van der Waals surface area contributed by atoms with E-state index in [-0.39, 0.29) is 0 Å². The van der Waals surface area contributed by atoms with E-state index in [9.17, 15) is 0 Å². The van der Waals surface area contributed by atoms with E-state index in [1.807, 2.05) is 18.2 Å². The van der Waals surface area contributed by atoms with E-state index in [0.29, 0.717) is 6.42 Å². The smallest absolute Gasteiger partial charge is 0.0941 e. The molecule has 0 aliphatic rings. The number of benzene rings is 1. The van der Waals surface area contributed by atoms with Crippen LogP contribution in [0.25, 0.3) is 10.2 Å². The SMILES string of the molecule is [CH]Cc1nc2ccc([CH])cc2s1. The molecule has 0 spiro atoms. The first kappa shape index (κ1) is 7.74. The number of hydrogen-bond acceptors (Lipinski definition) is 2. The zero-order chi connectivity index (χ0) is 8.55. The molecule has 0 atom stereocenters. The number of aromatic nitrogens is 1. The summed E-state index contributed by atoms with van der Waals surface area (Å²) in [7, 11) is 0. The van der Waals surface area contributed by atoms with Gasteiger partial charge in [0.1, 0.15) is 0 Å². The Bertz CT molecular complexity index is 403. The van der Waals surface area contributed by atoms with Crippen LogP contribution in [0.1, 0.15) is 10.6 Å². The van der Waals surface area contributed by atoms with Gasteiger partial charge < -0.3 is 0 Å². The maximum absolute atomic E-state index is 5.62. The minimum absolute atomic E-state index is 0.499. The fourth-order valence-corrected chi connectivity index (χ4v) is 1.97. The third kappa shape index (κ3) is 1.23. The number of fused-ring (bicyclic) bond motifs is 1. The van der Waals surface area contributed by atoms with Gasteiger partial charge in [0.2, 0.25) is 0 Å². The number of rotatable bonds is 1. The Labute approximate surface area is 76.1 Å². The minimum atomic E-state index is 0.499. The molecule has 0 aliphatic heterocycles. The molecule has 1 aromatic carbocycles. The van der Waals surface area contributed by atoms with Gasteiger partial charge in [-0.1, -0.05) is 6.07 Å². The molecule has 0 bridgehead atoms. The zero-order valence-corrected chi connectivity index (χ0v) is 7.27. The highest BCUT2D eigenvalue weighted by Crippen LogP contribution is 2.22. The van der Waals surface area contributed by atoms with E-state index in [1.165, 1.54) is 0 Å². The van der Waals surface area contributed by atoms with Crippen molar-refractivity contribution in [1.82, 2.24) is 4.98 Å². The summed E-state index contributed by atoms with van der Waals surface area (Å²) in [5.41, 5.74) is 1.75.